The standard InChI is InChI=1S/C11H15F2NO/c1-6(2)10(14)11(15)8-4-3-7(12)5-9(8)13/h3-6,10-11,15H,14H2,1-2H3. The van der Waals surface area contributed by atoms with Crippen molar-refractivity contribution in [2.24, 2.45) is 11.7 Å². The zero-order chi connectivity index (χ0) is 11.6. The maximum Gasteiger partial charge on any atom is 0.131 e. The SMILES string of the molecule is CC(C)C(N)C(O)c1ccc(F)cc1F. The molecule has 3 N–H and O–H groups in total. The molecule has 0 aromatic heterocycles. The van der Waals surface area contributed by atoms with E-state index in [4.69, 9.17) is 5.73 Å². The van der Waals surface area contributed by atoms with Gasteiger partial charge in [-0.25, -0.2) is 8.78 Å². The molecule has 1 aromatic rings. The normalized spacial score (nSPS) is 15.4. The van der Waals surface area contributed by atoms with E-state index in [1.807, 2.05) is 13.8 Å². The van der Waals surface area contributed by atoms with Gasteiger partial charge in [0.15, 0.2) is 0 Å². The minimum absolute atomic E-state index is 0.0180. The maximum atomic E-state index is 13.3. The van der Waals surface area contributed by atoms with E-state index in [9.17, 15) is 13.9 Å². The summed E-state index contributed by atoms with van der Waals surface area (Å²) in [4.78, 5) is 0. The first kappa shape index (κ1) is 12.1. The molecule has 0 saturated carbocycles. The lowest BCUT2D eigenvalue weighted by atomic mass is 9.94. The fourth-order valence-electron chi connectivity index (χ4n) is 1.31. The van der Waals surface area contributed by atoms with Gasteiger partial charge in [0, 0.05) is 17.7 Å². The van der Waals surface area contributed by atoms with E-state index in [0.717, 1.165) is 12.1 Å². The molecule has 0 fully saturated rings. The Morgan fingerprint density at radius 3 is 2.33 bits per heavy atom. The van der Waals surface area contributed by atoms with E-state index >= 15 is 0 Å². The average molecular weight is 215 g/mol. The van der Waals surface area contributed by atoms with Gasteiger partial charge in [-0.1, -0.05) is 19.9 Å². The largest absolute Gasteiger partial charge is 0.387 e. The number of nitrogens with two attached hydrogens (primary N) is 1. The van der Waals surface area contributed by atoms with Crippen molar-refractivity contribution in [3.8, 4) is 0 Å². The molecule has 2 nitrogen and oxygen atoms in total. The summed E-state index contributed by atoms with van der Waals surface area (Å²) >= 11 is 0. The van der Waals surface area contributed by atoms with Gasteiger partial charge in [-0.05, 0) is 12.0 Å². The number of halogens is 2. The molecule has 0 heterocycles. The van der Waals surface area contributed by atoms with Crippen LogP contribution < -0.4 is 5.73 Å². The van der Waals surface area contributed by atoms with Gasteiger partial charge < -0.3 is 10.8 Å². The molecule has 1 aromatic carbocycles. The van der Waals surface area contributed by atoms with Gasteiger partial charge in [-0.15, -0.1) is 0 Å². The zero-order valence-corrected chi connectivity index (χ0v) is 8.74. The van der Waals surface area contributed by atoms with Crippen molar-refractivity contribution in [2.45, 2.75) is 26.0 Å². The molecular formula is C11H15F2NO. The predicted molar refractivity (Wildman–Crippen MR) is 54.1 cm³/mol. The Kier molecular flexibility index (Phi) is 3.77. The lowest BCUT2D eigenvalue weighted by Crippen LogP contribution is -2.33. The quantitative estimate of drug-likeness (QED) is 0.809. The highest BCUT2D eigenvalue weighted by molar-refractivity contribution is 5.22. The third-order valence-corrected chi connectivity index (χ3v) is 2.42. The number of rotatable bonds is 3. The second kappa shape index (κ2) is 4.68. The van der Waals surface area contributed by atoms with Crippen LogP contribution in [0.5, 0.6) is 0 Å². The molecule has 0 saturated heterocycles. The molecule has 0 amide bonds. The Morgan fingerprint density at radius 1 is 1.27 bits per heavy atom. The fourth-order valence-corrected chi connectivity index (χ4v) is 1.31. The third-order valence-electron chi connectivity index (χ3n) is 2.42. The van der Waals surface area contributed by atoms with Gasteiger partial charge in [0.05, 0.1) is 6.10 Å². The highest BCUT2D eigenvalue weighted by Gasteiger charge is 2.22. The molecule has 0 radical (unpaired) electrons. The molecule has 0 spiro atoms. The first-order valence-corrected chi connectivity index (χ1v) is 4.82. The fraction of sp³-hybridized carbons (Fsp3) is 0.455. The molecule has 15 heavy (non-hydrogen) atoms. The van der Waals surface area contributed by atoms with E-state index in [2.05, 4.69) is 0 Å². The van der Waals surface area contributed by atoms with Gasteiger partial charge >= 0.3 is 0 Å². The van der Waals surface area contributed by atoms with Crippen LogP contribution >= 0.6 is 0 Å². The molecule has 0 aliphatic rings. The molecule has 1 rings (SSSR count). The van der Waals surface area contributed by atoms with Crippen LogP contribution in [0.1, 0.15) is 25.5 Å². The Hall–Kier alpha value is -1.00. The van der Waals surface area contributed by atoms with Crippen molar-refractivity contribution in [1.82, 2.24) is 0 Å². The number of hydrogen-bond acceptors (Lipinski definition) is 2. The van der Waals surface area contributed by atoms with Crippen molar-refractivity contribution in [3.05, 3.63) is 35.4 Å². The lowest BCUT2D eigenvalue weighted by molar-refractivity contribution is 0.122. The highest BCUT2D eigenvalue weighted by atomic mass is 19.1. The molecule has 2 unspecified atom stereocenters. The van der Waals surface area contributed by atoms with Crippen molar-refractivity contribution < 1.29 is 13.9 Å². The van der Waals surface area contributed by atoms with Crippen LogP contribution in [-0.2, 0) is 0 Å². The van der Waals surface area contributed by atoms with Crippen molar-refractivity contribution in [2.75, 3.05) is 0 Å². The molecule has 0 aliphatic carbocycles. The lowest BCUT2D eigenvalue weighted by Gasteiger charge is -2.22. The van der Waals surface area contributed by atoms with Crippen LogP contribution in [0.4, 0.5) is 8.78 Å². The minimum atomic E-state index is -1.11. The molecule has 4 heteroatoms. The number of aliphatic hydroxyl groups excluding tert-OH is 1. The Bertz CT molecular complexity index is 341. The number of hydrogen-bond donors (Lipinski definition) is 2. The average Bonchev–Trinajstić information content (AvgIpc) is 2.15. The Morgan fingerprint density at radius 2 is 1.87 bits per heavy atom. The highest BCUT2D eigenvalue weighted by Crippen LogP contribution is 2.23. The van der Waals surface area contributed by atoms with Crippen molar-refractivity contribution in [3.63, 3.8) is 0 Å². The number of benzene rings is 1. The summed E-state index contributed by atoms with van der Waals surface area (Å²) in [6, 6.07) is 2.50. The first-order chi connectivity index (χ1) is 6.93. The smallest absolute Gasteiger partial charge is 0.131 e. The van der Waals surface area contributed by atoms with Crippen LogP contribution in [0.15, 0.2) is 18.2 Å². The summed E-state index contributed by atoms with van der Waals surface area (Å²) in [7, 11) is 0. The van der Waals surface area contributed by atoms with Gasteiger partial charge in [-0.3, -0.25) is 0 Å². The molecule has 2 atom stereocenters. The topological polar surface area (TPSA) is 46.2 Å². The third kappa shape index (κ3) is 2.73. The summed E-state index contributed by atoms with van der Waals surface area (Å²) in [5, 5.41) is 9.74. The Labute approximate surface area is 87.7 Å². The van der Waals surface area contributed by atoms with Crippen LogP contribution in [0.2, 0.25) is 0 Å². The minimum Gasteiger partial charge on any atom is -0.387 e. The first-order valence-electron chi connectivity index (χ1n) is 4.82. The van der Waals surface area contributed by atoms with E-state index in [1.165, 1.54) is 6.07 Å². The number of aliphatic hydroxyl groups is 1. The van der Waals surface area contributed by atoms with E-state index < -0.39 is 23.8 Å². The van der Waals surface area contributed by atoms with Gasteiger partial charge in [-0.2, -0.15) is 0 Å². The molecule has 0 aliphatic heterocycles. The molecule has 0 bridgehead atoms. The second-order valence-electron chi connectivity index (χ2n) is 3.93. The van der Waals surface area contributed by atoms with Crippen LogP contribution in [0, 0.1) is 17.6 Å². The monoisotopic (exact) mass is 215 g/mol. The summed E-state index contributed by atoms with van der Waals surface area (Å²) in [6.07, 6.45) is -1.11. The summed E-state index contributed by atoms with van der Waals surface area (Å²) in [5.41, 5.74) is 5.73. The summed E-state index contributed by atoms with van der Waals surface area (Å²) in [5.74, 6) is -1.41. The van der Waals surface area contributed by atoms with Gasteiger partial charge in [0.2, 0.25) is 0 Å². The van der Waals surface area contributed by atoms with Gasteiger partial charge in [0.25, 0.3) is 0 Å². The van der Waals surface area contributed by atoms with E-state index in [-0.39, 0.29) is 11.5 Å². The van der Waals surface area contributed by atoms with E-state index in [0.29, 0.717) is 0 Å². The van der Waals surface area contributed by atoms with E-state index in [1.54, 1.807) is 0 Å². The van der Waals surface area contributed by atoms with Crippen LogP contribution in [-0.4, -0.2) is 11.1 Å². The van der Waals surface area contributed by atoms with Crippen LogP contribution in [0.3, 0.4) is 0 Å². The maximum absolute atomic E-state index is 13.3. The molecule has 84 valence electrons. The van der Waals surface area contributed by atoms with Crippen molar-refractivity contribution in [1.29, 1.82) is 0 Å². The van der Waals surface area contributed by atoms with Crippen LogP contribution in [0.25, 0.3) is 0 Å². The predicted octanol–water partition coefficient (Wildman–Crippen LogP) is 1.98. The summed E-state index contributed by atoms with van der Waals surface area (Å²) < 4.78 is 25.9. The molecular weight excluding hydrogens is 200 g/mol. The summed E-state index contributed by atoms with van der Waals surface area (Å²) in [6.45, 7) is 3.66. The van der Waals surface area contributed by atoms with Crippen molar-refractivity contribution >= 4 is 0 Å². The second-order valence-corrected chi connectivity index (χ2v) is 3.93. The zero-order valence-electron chi connectivity index (χ0n) is 8.74. The van der Waals surface area contributed by atoms with Gasteiger partial charge in [0.1, 0.15) is 11.6 Å². The Balaban J connectivity index is 2.96.